The molecular formula is C13H22N4O2S. The molecule has 112 valence electrons. The van der Waals surface area contributed by atoms with Gasteiger partial charge in [-0.15, -0.1) is 10.2 Å². The Balaban J connectivity index is 1.96. The molecule has 7 heteroatoms. The minimum atomic E-state index is -0.307. The maximum atomic E-state index is 11.7. The number of aromatic nitrogens is 3. The van der Waals surface area contributed by atoms with Gasteiger partial charge in [0.25, 0.3) is 0 Å². The van der Waals surface area contributed by atoms with Crippen LogP contribution >= 0.6 is 11.8 Å². The maximum Gasteiger partial charge on any atom is 0.323 e. The van der Waals surface area contributed by atoms with Crippen molar-refractivity contribution >= 4 is 17.7 Å². The number of carbonyl (C=O) groups is 1. The van der Waals surface area contributed by atoms with Crippen LogP contribution in [0.15, 0.2) is 5.16 Å². The van der Waals surface area contributed by atoms with Gasteiger partial charge in [0.2, 0.25) is 0 Å². The molecular weight excluding hydrogens is 276 g/mol. The van der Waals surface area contributed by atoms with Gasteiger partial charge in [-0.25, -0.2) is 0 Å². The molecule has 0 saturated heterocycles. The first kappa shape index (κ1) is 15.3. The number of hydrogen-bond acceptors (Lipinski definition) is 6. The molecule has 0 spiro atoms. The molecule has 0 bridgehead atoms. The quantitative estimate of drug-likeness (QED) is 0.629. The number of rotatable bonds is 6. The van der Waals surface area contributed by atoms with E-state index in [1.54, 1.807) is 18.8 Å². The standard InChI is InChI=1S/C13H22N4O2S/c1-3-19-12(18)10(14-2)9-20-13-16-15-11-7-5-4-6-8-17(11)13/h10,14H,3-9H2,1-2H3. The summed E-state index contributed by atoms with van der Waals surface area (Å²) in [4.78, 5) is 11.7. The minimum Gasteiger partial charge on any atom is -0.465 e. The molecule has 0 aromatic carbocycles. The molecule has 1 atom stereocenters. The van der Waals surface area contributed by atoms with Crippen molar-refractivity contribution in [2.24, 2.45) is 0 Å². The van der Waals surface area contributed by atoms with Crippen LogP contribution in [0, 0.1) is 0 Å². The van der Waals surface area contributed by atoms with Crippen molar-refractivity contribution < 1.29 is 9.53 Å². The smallest absolute Gasteiger partial charge is 0.323 e. The molecule has 0 amide bonds. The van der Waals surface area contributed by atoms with E-state index >= 15 is 0 Å². The van der Waals surface area contributed by atoms with Gasteiger partial charge in [-0.3, -0.25) is 4.79 Å². The number of ether oxygens (including phenoxy) is 1. The Bertz CT molecular complexity index is 450. The number of aryl methyl sites for hydroxylation is 1. The maximum absolute atomic E-state index is 11.7. The van der Waals surface area contributed by atoms with Crippen molar-refractivity contribution in [3.05, 3.63) is 5.82 Å². The predicted octanol–water partition coefficient (Wildman–Crippen LogP) is 1.25. The molecule has 1 unspecified atom stereocenters. The summed E-state index contributed by atoms with van der Waals surface area (Å²) in [5, 5.41) is 12.4. The van der Waals surface area contributed by atoms with Crippen molar-refractivity contribution in [3.63, 3.8) is 0 Å². The molecule has 1 N–H and O–H groups in total. The number of carbonyl (C=O) groups excluding carboxylic acids is 1. The Hall–Kier alpha value is -1.08. The van der Waals surface area contributed by atoms with Crippen molar-refractivity contribution in [1.29, 1.82) is 0 Å². The molecule has 1 aromatic heterocycles. The van der Waals surface area contributed by atoms with Crippen LogP contribution in [0.25, 0.3) is 0 Å². The molecule has 1 aliphatic heterocycles. The van der Waals surface area contributed by atoms with E-state index < -0.39 is 0 Å². The van der Waals surface area contributed by atoms with E-state index in [1.807, 2.05) is 6.92 Å². The summed E-state index contributed by atoms with van der Waals surface area (Å²) >= 11 is 1.56. The summed E-state index contributed by atoms with van der Waals surface area (Å²) in [7, 11) is 1.77. The predicted molar refractivity (Wildman–Crippen MR) is 77.8 cm³/mol. The zero-order valence-electron chi connectivity index (χ0n) is 12.1. The summed E-state index contributed by atoms with van der Waals surface area (Å²) in [5.41, 5.74) is 0. The van der Waals surface area contributed by atoms with Crippen LogP contribution < -0.4 is 5.32 Å². The Morgan fingerprint density at radius 3 is 3.05 bits per heavy atom. The fraction of sp³-hybridized carbons (Fsp3) is 0.769. The molecule has 20 heavy (non-hydrogen) atoms. The number of fused-ring (bicyclic) bond motifs is 1. The third-order valence-corrected chi connectivity index (χ3v) is 4.43. The fourth-order valence-electron chi connectivity index (χ4n) is 2.24. The van der Waals surface area contributed by atoms with Gasteiger partial charge in [0.05, 0.1) is 6.61 Å². The Morgan fingerprint density at radius 2 is 2.30 bits per heavy atom. The summed E-state index contributed by atoms with van der Waals surface area (Å²) in [6.07, 6.45) is 4.60. The highest BCUT2D eigenvalue weighted by Crippen LogP contribution is 2.22. The third kappa shape index (κ3) is 3.73. The van der Waals surface area contributed by atoms with Crippen LogP contribution in [0.2, 0.25) is 0 Å². The fourth-order valence-corrected chi connectivity index (χ4v) is 3.30. The SMILES string of the molecule is CCOC(=O)C(CSc1nnc2n1CCCCC2)NC. The molecule has 0 aliphatic carbocycles. The van der Waals surface area contributed by atoms with Gasteiger partial charge >= 0.3 is 5.97 Å². The van der Waals surface area contributed by atoms with Crippen LogP contribution in [0.5, 0.6) is 0 Å². The first-order chi connectivity index (χ1) is 9.76. The lowest BCUT2D eigenvalue weighted by atomic mass is 10.2. The van der Waals surface area contributed by atoms with Crippen molar-refractivity contribution in [1.82, 2.24) is 20.1 Å². The van der Waals surface area contributed by atoms with Gasteiger partial charge in [-0.05, 0) is 26.8 Å². The summed E-state index contributed by atoms with van der Waals surface area (Å²) in [6.45, 7) is 3.20. The average Bonchev–Trinajstić information content (AvgIpc) is 2.68. The van der Waals surface area contributed by atoms with Crippen LogP contribution in [0.3, 0.4) is 0 Å². The monoisotopic (exact) mass is 298 g/mol. The number of nitrogens with one attached hydrogen (secondary N) is 1. The number of hydrogen-bond donors (Lipinski definition) is 1. The van der Waals surface area contributed by atoms with Gasteiger partial charge in [0, 0.05) is 18.7 Å². The van der Waals surface area contributed by atoms with Gasteiger partial charge in [0.15, 0.2) is 5.16 Å². The van der Waals surface area contributed by atoms with Crippen LogP contribution in [0.4, 0.5) is 0 Å². The van der Waals surface area contributed by atoms with E-state index in [2.05, 4.69) is 20.1 Å². The molecule has 6 nitrogen and oxygen atoms in total. The van der Waals surface area contributed by atoms with E-state index in [0.29, 0.717) is 12.4 Å². The molecule has 1 aliphatic rings. The first-order valence-electron chi connectivity index (χ1n) is 7.15. The second-order valence-corrected chi connectivity index (χ2v) is 5.75. The zero-order chi connectivity index (χ0) is 14.4. The van der Waals surface area contributed by atoms with Crippen LogP contribution in [-0.2, 0) is 22.5 Å². The van der Waals surface area contributed by atoms with E-state index in [9.17, 15) is 4.79 Å². The van der Waals surface area contributed by atoms with Crippen LogP contribution in [-0.4, -0.2) is 46.2 Å². The average molecular weight is 298 g/mol. The van der Waals surface area contributed by atoms with E-state index in [0.717, 1.165) is 23.9 Å². The number of likely N-dealkylation sites (N-methyl/N-ethyl adjacent to an activating group) is 1. The molecule has 1 aromatic rings. The topological polar surface area (TPSA) is 69.0 Å². The summed E-state index contributed by atoms with van der Waals surface area (Å²) < 4.78 is 7.23. The van der Waals surface area contributed by atoms with Crippen molar-refractivity contribution in [2.45, 2.75) is 50.4 Å². The second kappa shape index (κ2) is 7.64. The van der Waals surface area contributed by atoms with E-state index in [-0.39, 0.29) is 12.0 Å². The molecule has 2 rings (SSSR count). The lowest BCUT2D eigenvalue weighted by Gasteiger charge is -2.14. The lowest BCUT2D eigenvalue weighted by molar-refractivity contribution is -0.144. The van der Waals surface area contributed by atoms with Gasteiger partial charge in [0.1, 0.15) is 11.9 Å². The Labute approximate surface area is 123 Å². The number of esters is 1. The van der Waals surface area contributed by atoms with E-state index in [4.69, 9.17) is 4.74 Å². The molecule has 0 saturated carbocycles. The highest BCUT2D eigenvalue weighted by atomic mass is 32.2. The Morgan fingerprint density at radius 1 is 1.45 bits per heavy atom. The number of nitrogens with zero attached hydrogens (tertiary/aromatic N) is 3. The van der Waals surface area contributed by atoms with Gasteiger partial charge < -0.3 is 14.6 Å². The van der Waals surface area contributed by atoms with Crippen LogP contribution in [0.1, 0.15) is 32.0 Å². The second-order valence-electron chi connectivity index (χ2n) is 4.77. The molecule has 0 radical (unpaired) electrons. The largest absolute Gasteiger partial charge is 0.465 e. The highest BCUT2D eigenvalue weighted by molar-refractivity contribution is 7.99. The van der Waals surface area contributed by atoms with Crippen molar-refractivity contribution in [2.75, 3.05) is 19.4 Å². The zero-order valence-corrected chi connectivity index (χ0v) is 12.9. The first-order valence-corrected chi connectivity index (χ1v) is 8.13. The third-order valence-electron chi connectivity index (χ3n) is 3.37. The minimum absolute atomic E-state index is 0.210. The lowest BCUT2D eigenvalue weighted by Crippen LogP contribution is -2.37. The molecule has 2 heterocycles. The normalized spacial score (nSPS) is 16.3. The van der Waals surface area contributed by atoms with Crippen molar-refractivity contribution in [3.8, 4) is 0 Å². The van der Waals surface area contributed by atoms with E-state index in [1.165, 1.54) is 19.3 Å². The summed E-state index contributed by atoms with van der Waals surface area (Å²) in [5.74, 6) is 1.47. The molecule has 0 fully saturated rings. The van der Waals surface area contributed by atoms with Gasteiger partial charge in [-0.1, -0.05) is 18.2 Å². The van der Waals surface area contributed by atoms with Gasteiger partial charge in [-0.2, -0.15) is 0 Å². The highest BCUT2D eigenvalue weighted by Gasteiger charge is 2.21. The Kier molecular flexibility index (Phi) is 5.85. The number of thioether (sulfide) groups is 1. The summed E-state index contributed by atoms with van der Waals surface area (Å²) in [6, 6.07) is -0.307.